The van der Waals surface area contributed by atoms with E-state index in [1.54, 1.807) is 17.7 Å². The Morgan fingerprint density at radius 2 is 2.08 bits per heavy atom. The first-order chi connectivity index (χ1) is 18.1. The van der Waals surface area contributed by atoms with Crippen molar-refractivity contribution in [3.05, 3.63) is 24.8 Å². The standard InChI is InChI=1S/C26H42N5O4PS2Si/c1-16(2)17-9-10-26(6)20(11-17)34-36(37,38-26)32-13-19-18(35-39(7,8)25(3,4)5)12-21(33-19)31-15-30-22-23(27)28-14-29-24(22)31/h14-15,17-21H,1,9-13H2,2-8H3,(H2,27,28,29)/t17-,18-,19+,20+,21+,26+,36+/m0/s1. The Balaban J connectivity index is 1.34. The van der Waals surface area contributed by atoms with Crippen molar-refractivity contribution in [2.24, 2.45) is 5.92 Å². The minimum absolute atomic E-state index is 0.0209. The van der Waals surface area contributed by atoms with Gasteiger partial charge >= 0.3 is 0 Å². The lowest BCUT2D eigenvalue weighted by atomic mass is 9.77. The van der Waals surface area contributed by atoms with Gasteiger partial charge in [-0.2, -0.15) is 0 Å². The highest BCUT2D eigenvalue weighted by atomic mass is 32.9. The van der Waals surface area contributed by atoms with Gasteiger partial charge in [-0.1, -0.05) is 44.3 Å². The molecule has 1 saturated carbocycles. The molecule has 4 heterocycles. The third-order valence-electron chi connectivity index (χ3n) is 8.97. The molecule has 9 nitrogen and oxygen atoms in total. The van der Waals surface area contributed by atoms with Gasteiger partial charge in [-0.15, -0.1) is 0 Å². The lowest BCUT2D eigenvalue weighted by molar-refractivity contribution is -0.0367. The van der Waals surface area contributed by atoms with Crippen LogP contribution in [0.3, 0.4) is 0 Å². The molecule has 0 bridgehead atoms. The highest BCUT2D eigenvalue weighted by molar-refractivity contribution is 8.68. The molecule has 2 saturated heterocycles. The zero-order chi connectivity index (χ0) is 28.4. The van der Waals surface area contributed by atoms with Gasteiger partial charge in [0.05, 0.1) is 25.1 Å². The Bertz CT molecular complexity index is 1300. The fourth-order valence-corrected chi connectivity index (χ4v) is 13.9. The van der Waals surface area contributed by atoms with Crippen LogP contribution in [-0.4, -0.2) is 57.5 Å². The van der Waals surface area contributed by atoms with Crippen molar-refractivity contribution in [2.45, 2.75) is 108 Å². The van der Waals surface area contributed by atoms with Crippen molar-refractivity contribution < 1.29 is 18.2 Å². The molecule has 2 aromatic heterocycles. The van der Waals surface area contributed by atoms with Gasteiger partial charge in [0.25, 0.3) is 0 Å². The van der Waals surface area contributed by atoms with Gasteiger partial charge in [0, 0.05) is 11.2 Å². The second-order valence-electron chi connectivity index (χ2n) is 12.9. The second kappa shape index (κ2) is 10.5. The number of allylic oxidation sites excluding steroid dienone is 1. The smallest absolute Gasteiger partial charge is 0.248 e. The Morgan fingerprint density at radius 3 is 2.77 bits per heavy atom. The molecule has 13 heteroatoms. The molecule has 0 radical (unpaired) electrons. The number of imidazole rings is 1. The first-order valence-corrected chi connectivity index (χ1v) is 20.6. The number of nitrogens with two attached hydrogens (primary N) is 1. The summed E-state index contributed by atoms with van der Waals surface area (Å²) >= 11 is 7.80. The number of aromatic nitrogens is 4. The maximum atomic E-state index is 6.91. The SMILES string of the molecule is C=C(C)[C@H]1CC[C@@]2(C)S[P@](=S)(OC[C@H]3O[C@@H](n4cnc5c(N)ncnc54)C[C@@H]3O[Si](C)(C)C(C)(C)C)O[C@@H]2C1. The Morgan fingerprint density at radius 1 is 1.33 bits per heavy atom. The monoisotopic (exact) mass is 611 g/mol. The predicted molar refractivity (Wildman–Crippen MR) is 164 cm³/mol. The molecule has 0 amide bonds. The number of hydrogen-bond donors (Lipinski definition) is 1. The van der Waals surface area contributed by atoms with Gasteiger partial charge in [-0.05, 0) is 69.0 Å². The predicted octanol–water partition coefficient (Wildman–Crippen LogP) is 6.59. The highest BCUT2D eigenvalue weighted by Crippen LogP contribution is 2.75. The van der Waals surface area contributed by atoms with E-state index in [2.05, 4.69) is 69.2 Å². The molecule has 1 aliphatic carbocycles. The molecule has 39 heavy (non-hydrogen) atoms. The topological polar surface area (TPSA) is 107 Å². The third kappa shape index (κ3) is 5.77. The molecule has 216 valence electrons. The van der Waals surface area contributed by atoms with Gasteiger partial charge in [-0.25, -0.2) is 15.0 Å². The van der Waals surface area contributed by atoms with Gasteiger partial charge < -0.3 is 23.9 Å². The number of ether oxygens (including phenoxy) is 1. The van der Waals surface area contributed by atoms with Crippen molar-refractivity contribution in [1.29, 1.82) is 0 Å². The van der Waals surface area contributed by atoms with Crippen LogP contribution >= 0.6 is 17.1 Å². The van der Waals surface area contributed by atoms with Gasteiger partial charge in [0.15, 0.2) is 19.8 Å². The average Bonchev–Trinajstić information content (AvgIpc) is 3.49. The molecule has 2 N–H and O–H groups in total. The van der Waals surface area contributed by atoms with E-state index in [-0.39, 0.29) is 34.3 Å². The quantitative estimate of drug-likeness (QED) is 0.209. The van der Waals surface area contributed by atoms with Gasteiger partial charge in [0.2, 0.25) is 5.69 Å². The molecule has 2 aliphatic heterocycles. The second-order valence-corrected chi connectivity index (χ2v) is 24.3. The van der Waals surface area contributed by atoms with E-state index in [0.717, 1.165) is 19.3 Å². The van der Waals surface area contributed by atoms with Crippen LogP contribution in [0.2, 0.25) is 18.1 Å². The van der Waals surface area contributed by atoms with E-state index in [1.165, 1.54) is 11.9 Å². The summed E-state index contributed by atoms with van der Waals surface area (Å²) in [6.45, 7) is 20.2. The normalized spacial score (nSPS) is 35.4. The molecule has 5 rings (SSSR count). The lowest BCUT2D eigenvalue weighted by Gasteiger charge is -2.39. The average molecular weight is 612 g/mol. The molecule has 0 spiro atoms. The van der Waals surface area contributed by atoms with Gasteiger partial charge in [0.1, 0.15) is 24.2 Å². The summed E-state index contributed by atoms with van der Waals surface area (Å²) in [4.78, 5) is 12.9. The maximum absolute atomic E-state index is 6.91. The molecule has 7 atom stereocenters. The number of rotatable bonds is 7. The molecule has 0 aromatic carbocycles. The van der Waals surface area contributed by atoms with E-state index in [0.29, 0.717) is 35.9 Å². The van der Waals surface area contributed by atoms with Crippen LogP contribution in [0.4, 0.5) is 5.82 Å². The summed E-state index contributed by atoms with van der Waals surface area (Å²) in [6.07, 6.45) is 6.25. The molecule has 3 fully saturated rings. The zero-order valence-corrected chi connectivity index (χ0v) is 27.6. The van der Waals surface area contributed by atoms with Crippen LogP contribution in [-0.2, 0) is 30.0 Å². The first kappa shape index (κ1) is 29.6. The molecular formula is C26H42N5O4PS2Si. The molecule has 2 aromatic rings. The summed E-state index contributed by atoms with van der Waals surface area (Å²) in [6, 6.07) is 0. The minimum atomic E-state index is -2.55. The fourth-order valence-electron chi connectivity index (χ4n) is 5.39. The number of nitrogen functional groups attached to an aromatic ring is 1. The van der Waals surface area contributed by atoms with Crippen LogP contribution in [0.25, 0.3) is 11.2 Å². The van der Waals surface area contributed by atoms with Crippen molar-refractivity contribution in [3.63, 3.8) is 0 Å². The summed E-state index contributed by atoms with van der Waals surface area (Å²) in [5.74, 6) is 0.831. The first-order valence-electron chi connectivity index (χ1n) is 13.7. The van der Waals surface area contributed by atoms with Crippen molar-refractivity contribution >= 4 is 54.2 Å². The van der Waals surface area contributed by atoms with Crippen LogP contribution < -0.4 is 5.73 Å². The van der Waals surface area contributed by atoms with Crippen LogP contribution in [0.1, 0.15) is 66.5 Å². The van der Waals surface area contributed by atoms with Crippen LogP contribution in [0, 0.1) is 5.92 Å². The van der Waals surface area contributed by atoms with E-state index in [9.17, 15) is 0 Å². The number of anilines is 1. The van der Waals surface area contributed by atoms with Crippen molar-refractivity contribution in [2.75, 3.05) is 12.3 Å². The summed E-state index contributed by atoms with van der Waals surface area (Å²) in [7, 11) is -2.09. The van der Waals surface area contributed by atoms with Crippen LogP contribution in [0.5, 0.6) is 0 Å². The minimum Gasteiger partial charge on any atom is -0.411 e. The summed E-state index contributed by atoms with van der Waals surface area (Å²) < 4.78 is 28.5. The highest BCUT2D eigenvalue weighted by Gasteiger charge is 2.54. The molecular weight excluding hydrogens is 570 g/mol. The van der Waals surface area contributed by atoms with Gasteiger partial charge in [-0.3, -0.25) is 4.57 Å². The summed E-state index contributed by atoms with van der Waals surface area (Å²) in [5.41, 5.74) is 5.93. The lowest BCUT2D eigenvalue weighted by Crippen LogP contribution is -2.46. The number of nitrogens with zero attached hydrogens (tertiary/aromatic N) is 4. The largest absolute Gasteiger partial charge is 0.411 e. The van der Waals surface area contributed by atoms with E-state index < -0.39 is 14.0 Å². The Labute approximate surface area is 242 Å². The van der Waals surface area contributed by atoms with E-state index in [4.69, 9.17) is 35.8 Å². The van der Waals surface area contributed by atoms with Crippen molar-refractivity contribution in [1.82, 2.24) is 19.5 Å². The Hall–Kier alpha value is -0.853. The van der Waals surface area contributed by atoms with Crippen LogP contribution in [0.15, 0.2) is 24.8 Å². The van der Waals surface area contributed by atoms with Crippen molar-refractivity contribution in [3.8, 4) is 0 Å². The van der Waals surface area contributed by atoms with E-state index >= 15 is 0 Å². The van der Waals surface area contributed by atoms with E-state index in [1.807, 2.05) is 4.57 Å². The molecule has 3 aliphatic rings. The third-order valence-corrected chi connectivity index (χ3v) is 19.3. The summed E-state index contributed by atoms with van der Waals surface area (Å²) in [5, 5.41) is 0.0562. The fraction of sp³-hybridized carbons (Fsp3) is 0.731. The maximum Gasteiger partial charge on any atom is 0.248 e. The number of fused-ring (bicyclic) bond motifs is 2. The zero-order valence-electron chi connectivity index (χ0n) is 24.0. The number of hydrogen-bond acceptors (Lipinski definition) is 10. The molecule has 0 unspecified atom stereocenters. The Kier molecular flexibility index (Phi) is 7.94.